The van der Waals surface area contributed by atoms with Crippen LogP contribution < -0.4 is 15.7 Å². The van der Waals surface area contributed by atoms with Gasteiger partial charge in [-0.2, -0.15) is 14.6 Å². The Bertz CT molecular complexity index is 1340. The Labute approximate surface area is 177 Å². The first-order valence-electron chi connectivity index (χ1n) is 8.05. The van der Waals surface area contributed by atoms with E-state index in [1.54, 1.807) is 48.5 Å². The second kappa shape index (κ2) is 7.64. The Hall–Kier alpha value is -2.25. The summed E-state index contributed by atoms with van der Waals surface area (Å²) in [5.74, 6) is 0. The van der Waals surface area contributed by atoms with E-state index in [9.17, 15) is 9.59 Å². The molecular weight excluding hydrogens is 441 g/mol. The predicted molar refractivity (Wildman–Crippen MR) is 113 cm³/mol. The molecule has 0 saturated heterocycles. The smallest absolute Gasteiger partial charge is 0.266 e. The van der Waals surface area contributed by atoms with Crippen LogP contribution in [-0.4, -0.2) is 14.6 Å². The molecule has 0 unspecified atom stereocenters. The van der Waals surface area contributed by atoms with Gasteiger partial charge in [-0.05, 0) is 35.9 Å². The van der Waals surface area contributed by atoms with E-state index in [0.29, 0.717) is 25.2 Å². The maximum absolute atomic E-state index is 12.7. The summed E-state index contributed by atoms with van der Waals surface area (Å²) in [5.41, 5.74) is 0.684. The highest BCUT2D eigenvalue weighted by atomic mass is 35.5. The first-order valence-corrected chi connectivity index (χ1v) is 10.0. The first kappa shape index (κ1) is 19.1. The van der Waals surface area contributed by atoms with Crippen molar-refractivity contribution in [3.8, 4) is 0 Å². The molecule has 4 rings (SSSR count). The van der Waals surface area contributed by atoms with Crippen molar-refractivity contribution < 1.29 is 0 Å². The van der Waals surface area contributed by atoms with Crippen molar-refractivity contribution in [1.29, 1.82) is 0 Å². The van der Waals surface area contributed by atoms with Crippen molar-refractivity contribution in [3.05, 3.63) is 99.6 Å². The van der Waals surface area contributed by atoms with Gasteiger partial charge in [-0.1, -0.05) is 64.3 Å². The lowest BCUT2D eigenvalue weighted by molar-refractivity contribution is 0.811. The molecule has 0 aliphatic carbocycles. The van der Waals surface area contributed by atoms with Gasteiger partial charge in [0.25, 0.3) is 11.1 Å². The molecule has 0 N–H and O–H groups in total. The number of hydrogen-bond acceptors (Lipinski definition) is 5. The molecule has 0 spiro atoms. The van der Waals surface area contributed by atoms with Gasteiger partial charge in [0.1, 0.15) is 5.69 Å². The average Bonchev–Trinajstić information content (AvgIpc) is 2.95. The van der Waals surface area contributed by atoms with E-state index in [-0.39, 0.29) is 22.6 Å². The molecule has 0 aliphatic rings. The standard InChI is InChI=1S/C19H10Cl3N3O2S/c20-11-6-4-10(5-7-11)8-15-17(26)23-19-25(24-15)18(27)16(28-19)9-12-13(21)2-1-3-14(12)22/h1-7,9H,8H2/b16-9-. The molecule has 28 heavy (non-hydrogen) atoms. The summed E-state index contributed by atoms with van der Waals surface area (Å²) in [4.78, 5) is 29.3. The first-order chi connectivity index (χ1) is 13.4. The summed E-state index contributed by atoms with van der Waals surface area (Å²) < 4.78 is 1.46. The van der Waals surface area contributed by atoms with Gasteiger partial charge < -0.3 is 0 Å². The lowest BCUT2D eigenvalue weighted by Gasteiger charge is -2.00. The van der Waals surface area contributed by atoms with Crippen LogP contribution in [0.2, 0.25) is 15.1 Å². The third-order valence-electron chi connectivity index (χ3n) is 4.01. The Morgan fingerprint density at radius 1 is 1.00 bits per heavy atom. The van der Waals surface area contributed by atoms with Crippen LogP contribution in [0.3, 0.4) is 0 Å². The average molecular weight is 451 g/mol. The van der Waals surface area contributed by atoms with Crippen LogP contribution in [0.4, 0.5) is 0 Å². The van der Waals surface area contributed by atoms with Crippen molar-refractivity contribution in [2.24, 2.45) is 0 Å². The van der Waals surface area contributed by atoms with Crippen molar-refractivity contribution in [2.75, 3.05) is 0 Å². The second-order valence-electron chi connectivity index (χ2n) is 5.91. The zero-order valence-corrected chi connectivity index (χ0v) is 17.1. The van der Waals surface area contributed by atoms with E-state index in [2.05, 4.69) is 10.1 Å². The van der Waals surface area contributed by atoms with E-state index in [4.69, 9.17) is 34.8 Å². The van der Waals surface area contributed by atoms with Gasteiger partial charge >= 0.3 is 0 Å². The normalized spacial score (nSPS) is 12.0. The molecule has 9 heteroatoms. The van der Waals surface area contributed by atoms with Crippen LogP contribution >= 0.6 is 46.1 Å². The van der Waals surface area contributed by atoms with Gasteiger partial charge in [0.15, 0.2) is 0 Å². The summed E-state index contributed by atoms with van der Waals surface area (Å²) in [7, 11) is 0. The van der Waals surface area contributed by atoms with E-state index in [0.717, 1.165) is 21.4 Å². The summed E-state index contributed by atoms with van der Waals surface area (Å²) in [6.07, 6.45) is 1.83. The molecule has 0 saturated carbocycles. The number of fused-ring (bicyclic) bond motifs is 1. The van der Waals surface area contributed by atoms with E-state index in [1.165, 1.54) is 0 Å². The quantitative estimate of drug-likeness (QED) is 0.478. The fraction of sp³-hybridized carbons (Fsp3) is 0.0526. The fourth-order valence-electron chi connectivity index (χ4n) is 2.63. The number of nitrogens with zero attached hydrogens (tertiary/aromatic N) is 3. The predicted octanol–water partition coefficient (Wildman–Crippen LogP) is 3.61. The molecule has 2 aromatic heterocycles. The van der Waals surface area contributed by atoms with Gasteiger partial charge in [0, 0.05) is 27.1 Å². The van der Waals surface area contributed by atoms with Crippen LogP contribution in [0.1, 0.15) is 16.8 Å². The van der Waals surface area contributed by atoms with E-state index in [1.807, 2.05) is 0 Å². The number of halogens is 3. The molecule has 4 aromatic rings. The summed E-state index contributed by atoms with van der Waals surface area (Å²) >= 11 is 19.3. The van der Waals surface area contributed by atoms with Crippen LogP contribution in [0.5, 0.6) is 0 Å². The Balaban J connectivity index is 1.84. The molecule has 0 aliphatic heterocycles. The van der Waals surface area contributed by atoms with Crippen molar-refractivity contribution in [1.82, 2.24) is 14.6 Å². The van der Waals surface area contributed by atoms with Crippen molar-refractivity contribution in [3.63, 3.8) is 0 Å². The zero-order chi connectivity index (χ0) is 19.8. The zero-order valence-electron chi connectivity index (χ0n) is 14.0. The van der Waals surface area contributed by atoms with Crippen molar-refractivity contribution in [2.45, 2.75) is 6.42 Å². The number of aromatic nitrogens is 3. The Kier molecular flexibility index (Phi) is 5.21. The molecule has 140 valence electrons. The van der Waals surface area contributed by atoms with Crippen LogP contribution in [0.15, 0.2) is 52.1 Å². The molecule has 2 aromatic carbocycles. The molecule has 0 amide bonds. The molecule has 0 atom stereocenters. The topological polar surface area (TPSA) is 64.3 Å². The molecule has 0 radical (unpaired) electrons. The largest absolute Gasteiger partial charge is 0.296 e. The summed E-state index contributed by atoms with van der Waals surface area (Å²) in [6, 6.07) is 12.1. The highest BCUT2D eigenvalue weighted by Gasteiger charge is 2.12. The van der Waals surface area contributed by atoms with E-state index < -0.39 is 5.56 Å². The molecular formula is C19H10Cl3N3O2S. The highest BCUT2D eigenvalue weighted by molar-refractivity contribution is 7.15. The minimum atomic E-state index is -0.474. The lowest BCUT2D eigenvalue weighted by Crippen LogP contribution is -2.28. The minimum Gasteiger partial charge on any atom is -0.266 e. The highest BCUT2D eigenvalue weighted by Crippen LogP contribution is 2.24. The van der Waals surface area contributed by atoms with Gasteiger partial charge in [0.2, 0.25) is 4.96 Å². The number of hydrogen-bond donors (Lipinski definition) is 0. The van der Waals surface area contributed by atoms with Crippen LogP contribution in [0, 0.1) is 0 Å². The molecule has 0 bridgehead atoms. The molecule has 2 heterocycles. The Morgan fingerprint density at radius 3 is 2.36 bits per heavy atom. The van der Waals surface area contributed by atoms with Gasteiger partial charge in [-0.15, -0.1) is 0 Å². The number of rotatable bonds is 3. The minimum absolute atomic E-state index is 0.178. The van der Waals surface area contributed by atoms with Gasteiger partial charge in [0.05, 0.1) is 4.53 Å². The number of thiazole rings is 1. The van der Waals surface area contributed by atoms with Crippen molar-refractivity contribution >= 4 is 57.2 Å². The Morgan fingerprint density at radius 2 is 1.68 bits per heavy atom. The van der Waals surface area contributed by atoms with E-state index >= 15 is 0 Å². The third kappa shape index (κ3) is 3.69. The maximum Gasteiger partial charge on any atom is 0.296 e. The van der Waals surface area contributed by atoms with Gasteiger partial charge in [-0.25, -0.2) is 0 Å². The monoisotopic (exact) mass is 449 g/mol. The maximum atomic E-state index is 12.7. The molecule has 5 nitrogen and oxygen atoms in total. The third-order valence-corrected chi connectivity index (χ3v) is 5.88. The van der Waals surface area contributed by atoms with Gasteiger partial charge in [-0.3, -0.25) is 9.59 Å². The summed E-state index contributed by atoms with van der Waals surface area (Å²) in [5, 5.41) is 5.66. The second-order valence-corrected chi connectivity index (χ2v) is 8.17. The number of benzene rings is 2. The fourth-order valence-corrected chi connectivity index (χ4v) is 4.15. The summed E-state index contributed by atoms with van der Waals surface area (Å²) in [6.45, 7) is 0. The van der Waals surface area contributed by atoms with Crippen LogP contribution in [0.25, 0.3) is 11.0 Å². The SMILES string of the molecule is O=c1nc2s/c(=C\c3c(Cl)cccc3Cl)c(=O)n2nc1Cc1ccc(Cl)cc1. The van der Waals surface area contributed by atoms with Crippen LogP contribution in [-0.2, 0) is 6.42 Å². The molecule has 0 fully saturated rings. The lowest BCUT2D eigenvalue weighted by atomic mass is 10.1.